The summed E-state index contributed by atoms with van der Waals surface area (Å²) in [4.78, 5) is 18.0. The zero-order valence-corrected chi connectivity index (χ0v) is 20.1. The average Bonchev–Trinajstić information content (AvgIpc) is 3.25. The van der Waals surface area contributed by atoms with Crippen LogP contribution in [0.4, 0.5) is 5.69 Å². The van der Waals surface area contributed by atoms with Crippen LogP contribution in [0.25, 0.3) is 11.1 Å². The summed E-state index contributed by atoms with van der Waals surface area (Å²) in [5.74, 6) is 0.672. The molecule has 0 spiro atoms. The fraction of sp³-hybridized carbons (Fsp3) is 0.385. The number of aromatic nitrogens is 2. The number of nitrogens with one attached hydrogen (secondary N) is 1. The molecule has 2 heterocycles. The number of hydrogen-bond acceptors (Lipinski definition) is 5. The quantitative estimate of drug-likeness (QED) is 0.625. The summed E-state index contributed by atoms with van der Waals surface area (Å²) in [6.45, 7) is 7.96. The lowest BCUT2D eigenvalue weighted by atomic mass is 9.99. The van der Waals surface area contributed by atoms with Gasteiger partial charge in [-0.15, -0.1) is 0 Å². The summed E-state index contributed by atoms with van der Waals surface area (Å²) < 4.78 is 7.55. The molecule has 1 aromatic heterocycles. The second-order valence-electron chi connectivity index (χ2n) is 8.82. The number of rotatable bonds is 6. The van der Waals surface area contributed by atoms with E-state index in [4.69, 9.17) is 4.74 Å². The normalized spacial score (nSPS) is 15.4. The molecule has 7 heteroatoms. The van der Waals surface area contributed by atoms with Gasteiger partial charge in [-0.05, 0) is 38.6 Å². The summed E-state index contributed by atoms with van der Waals surface area (Å²) in [7, 11) is 5.70. The van der Waals surface area contributed by atoms with Gasteiger partial charge in [-0.3, -0.25) is 9.48 Å². The van der Waals surface area contributed by atoms with Crippen LogP contribution >= 0.6 is 0 Å². The molecule has 7 nitrogen and oxygen atoms in total. The average molecular weight is 448 g/mol. The lowest BCUT2D eigenvalue weighted by Crippen LogP contribution is -2.44. The smallest absolute Gasteiger partial charge is 0.252 e. The van der Waals surface area contributed by atoms with Crippen molar-refractivity contribution in [1.82, 2.24) is 20.0 Å². The number of methoxy groups -OCH3 is 1. The minimum atomic E-state index is -0.226. The number of ether oxygens (including phenoxy) is 1. The molecule has 0 saturated carbocycles. The molecule has 1 aliphatic rings. The Morgan fingerprint density at radius 1 is 1.12 bits per heavy atom. The van der Waals surface area contributed by atoms with E-state index in [9.17, 15) is 4.79 Å². The van der Waals surface area contributed by atoms with Gasteiger partial charge in [0.1, 0.15) is 5.75 Å². The Kier molecular flexibility index (Phi) is 6.70. The minimum absolute atomic E-state index is 0.0789. The zero-order valence-electron chi connectivity index (χ0n) is 20.1. The number of amides is 1. The Morgan fingerprint density at radius 3 is 2.55 bits per heavy atom. The van der Waals surface area contributed by atoms with Crippen LogP contribution in [0.5, 0.6) is 5.75 Å². The van der Waals surface area contributed by atoms with Crippen molar-refractivity contribution in [2.45, 2.75) is 19.9 Å². The molecule has 174 valence electrons. The first-order valence-electron chi connectivity index (χ1n) is 11.4. The second-order valence-corrected chi connectivity index (χ2v) is 8.82. The number of piperazine rings is 1. The van der Waals surface area contributed by atoms with Crippen LogP contribution < -0.4 is 15.0 Å². The summed E-state index contributed by atoms with van der Waals surface area (Å²) >= 11 is 0. The Bertz CT molecular complexity index is 1130. The summed E-state index contributed by atoms with van der Waals surface area (Å²) in [6, 6.07) is 11.9. The van der Waals surface area contributed by atoms with Crippen molar-refractivity contribution in [2.75, 3.05) is 45.2 Å². The van der Waals surface area contributed by atoms with Crippen LogP contribution in [0, 0.1) is 6.92 Å². The third-order valence-electron chi connectivity index (χ3n) is 6.41. The monoisotopic (exact) mass is 447 g/mol. The maximum absolute atomic E-state index is 13.3. The molecule has 4 rings (SSSR count). The van der Waals surface area contributed by atoms with Crippen LogP contribution in [0.2, 0.25) is 0 Å². The highest BCUT2D eigenvalue weighted by Gasteiger charge is 2.21. The largest absolute Gasteiger partial charge is 0.496 e. The van der Waals surface area contributed by atoms with Crippen LogP contribution in [0.3, 0.4) is 0 Å². The SMILES string of the molecule is COc1c(-c2cnn(C)c2)cccc1[C@@H](C)NC(=O)c1cc(N2CCN(C)CC2)ccc1C. The van der Waals surface area contributed by atoms with E-state index in [0.717, 1.165) is 59.9 Å². The van der Waals surface area contributed by atoms with Crippen LogP contribution in [0.15, 0.2) is 48.8 Å². The van der Waals surface area contributed by atoms with Gasteiger partial charge >= 0.3 is 0 Å². The molecule has 1 fully saturated rings. The van der Waals surface area contributed by atoms with Gasteiger partial charge in [0, 0.05) is 67.4 Å². The van der Waals surface area contributed by atoms with Gasteiger partial charge in [-0.2, -0.15) is 5.10 Å². The van der Waals surface area contributed by atoms with E-state index >= 15 is 0 Å². The maximum Gasteiger partial charge on any atom is 0.252 e. The highest BCUT2D eigenvalue weighted by molar-refractivity contribution is 5.97. The molecule has 2 aromatic carbocycles. The number of nitrogens with zero attached hydrogens (tertiary/aromatic N) is 4. The highest BCUT2D eigenvalue weighted by atomic mass is 16.5. The zero-order chi connectivity index (χ0) is 23.5. The number of benzene rings is 2. The fourth-order valence-electron chi connectivity index (χ4n) is 4.38. The van der Waals surface area contributed by atoms with Gasteiger partial charge < -0.3 is 19.9 Å². The molecule has 0 aliphatic carbocycles. The number of aryl methyl sites for hydroxylation is 2. The van der Waals surface area contributed by atoms with Crippen molar-refractivity contribution in [3.63, 3.8) is 0 Å². The molecule has 1 saturated heterocycles. The Balaban J connectivity index is 1.56. The summed E-state index contributed by atoms with van der Waals surface area (Å²) in [5, 5.41) is 7.46. The lowest BCUT2D eigenvalue weighted by Gasteiger charge is -2.34. The van der Waals surface area contributed by atoms with Crippen molar-refractivity contribution in [3.05, 3.63) is 65.5 Å². The molecule has 3 aromatic rings. The number of carbonyl (C=O) groups is 1. The van der Waals surface area contributed by atoms with E-state index < -0.39 is 0 Å². The predicted molar refractivity (Wildman–Crippen MR) is 132 cm³/mol. The van der Waals surface area contributed by atoms with Crippen molar-refractivity contribution >= 4 is 11.6 Å². The van der Waals surface area contributed by atoms with E-state index in [-0.39, 0.29) is 11.9 Å². The third-order valence-corrected chi connectivity index (χ3v) is 6.41. The van der Waals surface area contributed by atoms with Crippen molar-refractivity contribution < 1.29 is 9.53 Å². The third kappa shape index (κ3) is 4.88. The summed E-state index contributed by atoms with van der Waals surface area (Å²) in [6.07, 6.45) is 3.77. The molecular formula is C26H33N5O2. The molecule has 0 bridgehead atoms. The van der Waals surface area contributed by atoms with Gasteiger partial charge in [0.25, 0.3) is 5.91 Å². The van der Waals surface area contributed by atoms with Gasteiger partial charge in [0.05, 0.1) is 19.3 Å². The fourth-order valence-corrected chi connectivity index (χ4v) is 4.38. The van der Waals surface area contributed by atoms with Gasteiger partial charge in [-0.1, -0.05) is 24.3 Å². The highest BCUT2D eigenvalue weighted by Crippen LogP contribution is 2.36. The van der Waals surface area contributed by atoms with Crippen molar-refractivity contribution in [1.29, 1.82) is 0 Å². The second kappa shape index (κ2) is 9.67. The number of likely N-dealkylation sites (N-methyl/N-ethyl adjacent to an activating group) is 1. The Morgan fingerprint density at radius 2 is 1.88 bits per heavy atom. The first-order chi connectivity index (χ1) is 15.9. The Hall–Kier alpha value is -3.32. The molecular weight excluding hydrogens is 414 g/mol. The molecule has 1 N–H and O–H groups in total. The molecule has 1 atom stereocenters. The molecule has 33 heavy (non-hydrogen) atoms. The van der Waals surface area contributed by atoms with E-state index in [2.05, 4.69) is 33.3 Å². The number of para-hydroxylation sites is 1. The van der Waals surface area contributed by atoms with E-state index in [1.54, 1.807) is 11.8 Å². The van der Waals surface area contributed by atoms with Crippen molar-refractivity contribution in [3.8, 4) is 16.9 Å². The number of anilines is 1. The summed E-state index contributed by atoms with van der Waals surface area (Å²) in [5.41, 5.74) is 5.64. The van der Waals surface area contributed by atoms with Crippen LogP contribution in [0.1, 0.15) is 34.5 Å². The topological polar surface area (TPSA) is 62.6 Å². The van der Waals surface area contributed by atoms with E-state index in [1.165, 1.54) is 0 Å². The Labute approximate surface area is 196 Å². The van der Waals surface area contributed by atoms with Gasteiger partial charge in [0.2, 0.25) is 0 Å². The molecule has 1 amide bonds. The van der Waals surface area contributed by atoms with Crippen molar-refractivity contribution in [2.24, 2.45) is 7.05 Å². The predicted octanol–water partition coefficient (Wildman–Crippen LogP) is 3.65. The molecule has 0 unspecified atom stereocenters. The number of hydrogen-bond donors (Lipinski definition) is 1. The van der Waals surface area contributed by atoms with Crippen LogP contribution in [-0.4, -0.2) is 60.9 Å². The van der Waals surface area contributed by atoms with Crippen LogP contribution in [-0.2, 0) is 7.05 Å². The molecule has 0 radical (unpaired) electrons. The first kappa shape index (κ1) is 22.9. The maximum atomic E-state index is 13.3. The van der Waals surface area contributed by atoms with Gasteiger partial charge in [-0.25, -0.2) is 0 Å². The number of carbonyl (C=O) groups excluding carboxylic acids is 1. The van der Waals surface area contributed by atoms with E-state index in [1.807, 2.05) is 63.6 Å². The van der Waals surface area contributed by atoms with E-state index in [0.29, 0.717) is 5.56 Å². The molecule has 1 aliphatic heterocycles. The first-order valence-corrected chi connectivity index (χ1v) is 11.4. The van der Waals surface area contributed by atoms with Gasteiger partial charge in [0.15, 0.2) is 0 Å². The minimum Gasteiger partial charge on any atom is -0.496 e. The lowest BCUT2D eigenvalue weighted by molar-refractivity contribution is 0.0939. The standard InChI is InChI=1S/C26H33N5O2/c1-18-9-10-21(31-13-11-29(3)12-14-31)15-24(18)26(32)28-19(2)22-7-6-8-23(25(22)33-5)20-16-27-30(4)17-20/h6-10,15-17,19H,11-14H2,1-5H3,(H,28,32)/t19-/m1/s1.